The van der Waals surface area contributed by atoms with E-state index in [1.165, 1.54) is 0 Å². The van der Waals surface area contributed by atoms with Gasteiger partial charge >= 0.3 is 0 Å². The summed E-state index contributed by atoms with van der Waals surface area (Å²) in [6, 6.07) is 9.19. The Labute approximate surface area is 148 Å². The van der Waals surface area contributed by atoms with Crippen LogP contribution in [-0.2, 0) is 0 Å². The summed E-state index contributed by atoms with van der Waals surface area (Å²) in [6.07, 6.45) is 1.75. The molecule has 0 spiro atoms. The van der Waals surface area contributed by atoms with Crippen molar-refractivity contribution in [2.75, 3.05) is 25.5 Å². The Hall–Kier alpha value is -2.07. The number of hydrogen-bond acceptors (Lipinski definition) is 2. The van der Waals surface area contributed by atoms with Crippen molar-refractivity contribution >= 4 is 35.0 Å². The lowest BCUT2D eigenvalue weighted by molar-refractivity contribution is 0.552. The van der Waals surface area contributed by atoms with E-state index in [0.29, 0.717) is 22.0 Å². The maximum Gasteiger partial charge on any atom is 0.149 e. The van der Waals surface area contributed by atoms with Crippen molar-refractivity contribution in [3.8, 4) is 0 Å². The molecule has 0 N–H and O–H groups in total. The molecule has 0 aliphatic rings. The van der Waals surface area contributed by atoms with Gasteiger partial charge < -0.3 is 9.80 Å². The smallest absolute Gasteiger partial charge is 0.149 e. The number of hydrogen-bond donors (Lipinski definition) is 0. The molecule has 0 saturated carbocycles. The number of anilines is 2. The highest BCUT2D eigenvalue weighted by atomic mass is 35.5. The lowest BCUT2D eigenvalue weighted by atomic mass is 10.1. The van der Waals surface area contributed by atoms with Gasteiger partial charge in [-0.25, -0.2) is 9.38 Å². The summed E-state index contributed by atoms with van der Waals surface area (Å²) in [5, 5.41) is 0.504. The van der Waals surface area contributed by atoms with Crippen molar-refractivity contribution in [2.24, 2.45) is 4.99 Å². The van der Waals surface area contributed by atoms with Gasteiger partial charge in [-0.1, -0.05) is 23.7 Å². The highest BCUT2D eigenvalue weighted by Crippen LogP contribution is 2.39. The van der Waals surface area contributed by atoms with Gasteiger partial charge in [0.2, 0.25) is 0 Å². The number of aliphatic imine (C=N–C) groups is 1. The van der Waals surface area contributed by atoms with Gasteiger partial charge in [-0.3, -0.25) is 0 Å². The molecule has 24 heavy (non-hydrogen) atoms. The molecule has 0 bridgehead atoms. The van der Waals surface area contributed by atoms with E-state index < -0.39 is 0 Å². The Kier molecular flexibility index (Phi) is 5.84. The molecule has 0 heterocycles. The lowest BCUT2D eigenvalue weighted by Gasteiger charge is -2.23. The molecule has 0 atom stereocenters. The fourth-order valence-electron chi connectivity index (χ4n) is 2.33. The van der Waals surface area contributed by atoms with E-state index in [4.69, 9.17) is 11.6 Å². The van der Waals surface area contributed by atoms with Crippen LogP contribution in [0.1, 0.15) is 18.1 Å². The van der Waals surface area contributed by atoms with Gasteiger partial charge in [-0.05, 0) is 50.1 Å². The van der Waals surface area contributed by atoms with Gasteiger partial charge in [-0.15, -0.1) is 0 Å². The first-order chi connectivity index (χ1) is 11.3. The summed E-state index contributed by atoms with van der Waals surface area (Å²) in [7, 11) is 3.76. The van der Waals surface area contributed by atoms with E-state index in [2.05, 4.69) is 4.99 Å². The maximum atomic E-state index is 14.4. The highest BCUT2D eigenvalue weighted by molar-refractivity contribution is 6.36. The number of nitrogens with zero attached hydrogens (tertiary/aromatic N) is 3. The molecule has 128 valence electrons. The maximum absolute atomic E-state index is 14.4. The van der Waals surface area contributed by atoms with Gasteiger partial charge in [0.05, 0.1) is 28.4 Å². The zero-order chi connectivity index (χ0) is 17.9. The highest BCUT2D eigenvalue weighted by Gasteiger charge is 2.16. The van der Waals surface area contributed by atoms with E-state index in [0.717, 1.165) is 17.8 Å². The molecule has 0 aliphatic carbocycles. The molecular formula is C19H23ClFN3. The van der Waals surface area contributed by atoms with Crippen molar-refractivity contribution in [3.63, 3.8) is 0 Å². The van der Waals surface area contributed by atoms with Crippen molar-refractivity contribution in [2.45, 2.75) is 20.8 Å². The zero-order valence-electron chi connectivity index (χ0n) is 14.8. The van der Waals surface area contributed by atoms with Crippen LogP contribution in [-0.4, -0.2) is 31.9 Å². The third-order valence-corrected chi connectivity index (χ3v) is 4.35. The summed E-state index contributed by atoms with van der Waals surface area (Å²) < 4.78 is 14.4. The van der Waals surface area contributed by atoms with Gasteiger partial charge in [0.15, 0.2) is 0 Å². The molecule has 0 aliphatic heterocycles. The molecule has 0 amide bonds. The third kappa shape index (κ3) is 3.88. The van der Waals surface area contributed by atoms with E-state index in [9.17, 15) is 4.39 Å². The van der Waals surface area contributed by atoms with Crippen LogP contribution >= 0.6 is 11.6 Å². The lowest BCUT2D eigenvalue weighted by Crippen LogP contribution is -2.14. The minimum atomic E-state index is -0.242. The molecule has 0 saturated heterocycles. The Bertz CT molecular complexity index is 759. The third-order valence-electron chi connectivity index (χ3n) is 3.97. The summed E-state index contributed by atoms with van der Waals surface area (Å²) >= 11 is 6.55. The zero-order valence-corrected chi connectivity index (χ0v) is 15.5. The summed E-state index contributed by atoms with van der Waals surface area (Å²) in [4.78, 5) is 8.19. The molecule has 2 aromatic rings. The predicted molar refractivity (Wildman–Crippen MR) is 102 cm³/mol. The van der Waals surface area contributed by atoms with E-state index in [-0.39, 0.29) is 5.82 Å². The predicted octanol–water partition coefficient (Wildman–Crippen LogP) is 5.48. The molecule has 2 rings (SSSR count). The summed E-state index contributed by atoms with van der Waals surface area (Å²) in [5.41, 5.74) is 3.51. The van der Waals surface area contributed by atoms with Gasteiger partial charge in [0.1, 0.15) is 5.82 Å². The van der Waals surface area contributed by atoms with Gasteiger partial charge in [0, 0.05) is 20.6 Å². The second kappa shape index (κ2) is 7.67. The van der Waals surface area contributed by atoms with E-state index in [1.807, 2.05) is 51.0 Å². The summed E-state index contributed by atoms with van der Waals surface area (Å²) in [5.74, 6) is -0.242. The van der Waals surface area contributed by atoms with Crippen molar-refractivity contribution in [3.05, 3.63) is 52.3 Å². The number of halogens is 2. The quantitative estimate of drug-likeness (QED) is 0.527. The average Bonchev–Trinajstić information content (AvgIpc) is 2.56. The van der Waals surface area contributed by atoms with Crippen LogP contribution in [0.15, 0.2) is 35.3 Å². The monoisotopic (exact) mass is 347 g/mol. The standard InChI is InChI=1S/C19H23ClFN3/c1-6-23(4)12-22-15-10-13(2)11-17(18(15)20)24(5)16-9-7-8-14(3)19(16)21/h7-12H,6H2,1-5H3. The Morgan fingerprint density at radius 3 is 2.54 bits per heavy atom. The van der Waals surface area contributed by atoms with Crippen LogP contribution in [0.4, 0.5) is 21.5 Å². The molecule has 0 unspecified atom stereocenters. The Morgan fingerprint density at radius 1 is 1.17 bits per heavy atom. The molecule has 0 radical (unpaired) electrons. The number of aryl methyl sites for hydroxylation is 2. The van der Waals surface area contributed by atoms with Crippen molar-refractivity contribution in [1.82, 2.24) is 4.90 Å². The van der Waals surface area contributed by atoms with Crippen molar-refractivity contribution in [1.29, 1.82) is 0 Å². The minimum Gasteiger partial charge on any atom is -0.366 e. The first kappa shape index (κ1) is 18.3. The van der Waals surface area contributed by atoms with Crippen LogP contribution in [0.5, 0.6) is 0 Å². The van der Waals surface area contributed by atoms with E-state index in [1.54, 1.807) is 30.3 Å². The molecular weight excluding hydrogens is 325 g/mol. The normalized spacial score (nSPS) is 11.1. The minimum absolute atomic E-state index is 0.242. The van der Waals surface area contributed by atoms with Crippen molar-refractivity contribution < 1.29 is 4.39 Å². The first-order valence-electron chi connectivity index (χ1n) is 7.88. The van der Waals surface area contributed by atoms with Crippen LogP contribution < -0.4 is 4.90 Å². The molecule has 0 fully saturated rings. The fourth-order valence-corrected chi connectivity index (χ4v) is 2.62. The SMILES string of the molecule is CCN(C)C=Nc1cc(C)cc(N(C)c2cccc(C)c2F)c1Cl. The summed E-state index contributed by atoms with van der Waals surface area (Å²) in [6.45, 7) is 6.63. The van der Waals surface area contributed by atoms with Crippen LogP contribution in [0, 0.1) is 19.7 Å². The molecule has 5 heteroatoms. The van der Waals surface area contributed by atoms with Crippen LogP contribution in [0.3, 0.4) is 0 Å². The second-order valence-electron chi connectivity index (χ2n) is 5.90. The molecule has 0 aromatic heterocycles. The second-order valence-corrected chi connectivity index (χ2v) is 6.28. The van der Waals surface area contributed by atoms with Gasteiger partial charge in [0.25, 0.3) is 0 Å². The van der Waals surface area contributed by atoms with Crippen LogP contribution in [0.2, 0.25) is 5.02 Å². The van der Waals surface area contributed by atoms with Crippen LogP contribution in [0.25, 0.3) is 0 Å². The number of rotatable bonds is 5. The van der Waals surface area contributed by atoms with E-state index >= 15 is 0 Å². The van der Waals surface area contributed by atoms with Gasteiger partial charge in [-0.2, -0.15) is 0 Å². The average molecular weight is 348 g/mol. The largest absolute Gasteiger partial charge is 0.366 e. The Balaban J connectivity index is 2.48. The fraction of sp³-hybridized carbons (Fsp3) is 0.316. The number of benzene rings is 2. The topological polar surface area (TPSA) is 18.8 Å². The molecule has 3 nitrogen and oxygen atoms in total. The Morgan fingerprint density at radius 2 is 1.88 bits per heavy atom. The molecule has 2 aromatic carbocycles. The first-order valence-corrected chi connectivity index (χ1v) is 8.26.